The summed E-state index contributed by atoms with van der Waals surface area (Å²) >= 11 is 18.3. The van der Waals surface area contributed by atoms with Gasteiger partial charge in [0, 0.05) is 22.9 Å². The number of ether oxygens (including phenoxy) is 2. The number of fused-ring (bicyclic) bond motifs is 1. The van der Waals surface area contributed by atoms with E-state index in [1.807, 2.05) is 0 Å². The third-order valence-corrected chi connectivity index (χ3v) is 6.73. The van der Waals surface area contributed by atoms with Crippen molar-refractivity contribution < 1.29 is 24.2 Å². The second-order valence-corrected chi connectivity index (χ2v) is 9.52. The molecule has 1 unspecified atom stereocenters. The van der Waals surface area contributed by atoms with Gasteiger partial charge in [-0.15, -0.1) is 0 Å². The highest BCUT2D eigenvalue weighted by atomic mass is 35.5. The van der Waals surface area contributed by atoms with E-state index < -0.39 is 17.8 Å². The van der Waals surface area contributed by atoms with Gasteiger partial charge < -0.3 is 31.4 Å². The molecule has 8 nitrogen and oxygen atoms in total. The summed E-state index contributed by atoms with van der Waals surface area (Å²) in [6.07, 6.45) is 3.36. The molecule has 1 aliphatic heterocycles. The van der Waals surface area contributed by atoms with Crippen LogP contribution >= 0.6 is 34.8 Å². The van der Waals surface area contributed by atoms with Crippen molar-refractivity contribution >= 4 is 52.4 Å². The van der Waals surface area contributed by atoms with Crippen LogP contribution in [0.3, 0.4) is 0 Å². The predicted molar refractivity (Wildman–Crippen MR) is 147 cm³/mol. The van der Waals surface area contributed by atoms with Crippen LogP contribution in [0.2, 0.25) is 15.1 Å². The number of benzene rings is 3. The molecule has 1 aliphatic rings. The maximum absolute atomic E-state index is 12.6. The van der Waals surface area contributed by atoms with Gasteiger partial charge in [0.2, 0.25) is 0 Å². The lowest BCUT2D eigenvalue weighted by atomic mass is 9.93. The Morgan fingerprint density at radius 1 is 0.947 bits per heavy atom. The minimum atomic E-state index is -0.936. The summed E-state index contributed by atoms with van der Waals surface area (Å²) in [5.41, 5.74) is 13.8. The van der Waals surface area contributed by atoms with Gasteiger partial charge in [-0.1, -0.05) is 40.9 Å². The number of allylic oxidation sites excluding steroid dienone is 2. The monoisotopic (exact) mass is 573 g/mol. The van der Waals surface area contributed by atoms with Crippen molar-refractivity contribution in [3.8, 4) is 17.2 Å². The molecule has 1 amide bonds. The van der Waals surface area contributed by atoms with E-state index in [1.165, 1.54) is 12.2 Å². The van der Waals surface area contributed by atoms with Gasteiger partial charge in [0.25, 0.3) is 5.91 Å². The zero-order valence-electron chi connectivity index (χ0n) is 19.7. The fourth-order valence-electron chi connectivity index (χ4n) is 3.72. The third kappa shape index (κ3) is 6.34. The Hall–Kier alpha value is -3.85. The second-order valence-electron chi connectivity index (χ2n) is 8.30. The molecule has 3 aromatic rings. The Bertz CT molecular complexity index is 1460. The molecule has 1 atom stereocenters. The number of carbonyl (C=O) groups excluding carboxylic acids is 1. The van der Waals surface area contributed by atoms with Crippen molar-refractivity contribution in [3.63, 3.8) is 0 Å². The minimum Gasteiger partial charge on any atom is -0.493 e. The Labute approximate surface area is 233 Å². The lowest BCUT2D eigenvalue weighted by Crippen LogP contribution is -2.27. The SMILES string of the molecule is N/C(=C\C=C(/N)NC(=O)c1ccc(Oc2cc3c(cc2Cl)C(C(=O)O)CCO3)cc1)c1ccc(Cl)c(Cl)c1. The standard InChI is InChI=1S/C27H22Cl3N3O5/c28-19-6-3-15(11-20(19)29)22(31)7-8-25(32)33-26(34)14-1-4-16(5-2-14)38-24-13-23-18(12-21(24)30)17(27(35)36)9-10-37-23/h1-8,11-13,17H,9-10,31-32H2,(H,33,34)(H,35,36)/b22-7-,25-8+. The van der Waals surface area contributed by atoms with Gasteiger partial charge in [0.05, 0.1) is 27.6 Å². The van der Waals surface area contributed by atoms with Crippen LogP contribution in [0.1, 0.15) is 33.8 Å². The van der Waals surface area contributed by atoms with Crippen LogP contribution in [-0.4, -0.2) is 23.6 Å². The summed E-state index contributed by atoms with van der Waals surface area (Å²) in [5, 5.41) is 13.0. The number of amides is 1. The maximum Gasteiger partial charge on any atom is 0.311 e. The number of aliphatic carboxylic acids is 1. The summed E-state index contributed by atoms with van der Waals surface area (Å²) in [7, 11) is 0. The van der Waals surface area contributed by atoms with E-state index >= 15 is 0 Å². The number of hydrogen-bond acceptors (Lipinski definition) is 6. The fraction of sp³-hybridized carbons (Fsp3) is 0.111. The summed E-state index contributed by atoms with van der Waals surface area (Å²) in [5.74, 6) is -0.857. The first-order chi connectivity index (χ1) is 18.1. The molecule has 1 heterocycles. The smallest absolute Gasteiger partial charge is 0.311 e. The van der Waals surface area contributed by atoms with Crippen LogP contribution in [-0.2, 0) is 4.79 Å². The molecular weight excluding hydrogens is 553 g/mol. The second kappa shape index (κ2) is 11.7. The molecule has 4 rings (SSSR count). The molecular formula is C27H22Cl3N3O5. The third-order valence-electron chi connectivity index (χ3n) is 5.70. The van der Waals surface area contributed by atoms with Crippen LogP contribution in [0, 0.1) is 0 Å². The number of carboxylic acids is 1. The van der Waals surface area contributed by atoms with Crippen molar-refractivity contribution in [2.75, 3.05) is 6.61 Å². The van der Waals surface area contributed by atoms with Crippen molar-refractivity contribution in [1.29, 1.82) is 0 Å². The molecule has 0 aromatic heterocycles. The molecule has 0 saturated heterocycles. The van der Waals surface area contributed by atoms with Gasteiger partial charge in [-0.05, 0) is 66.6 Å². The molecule has 0 saturated carbocycles. The van der Waals surface area contributed by atoms with Crippen molar-refractivity contribution in [2.45, 2.75) is 12.3 Å². The van der Waals surface area contributed by atoms with Gasteiger partial charge >= 0.3 is 5.97 Å². The molecule has 0 spiro atoms. The first-order valence-electron chi connectivity index (χ1n) is 11.3. The molecule has 6 N–H and O–H groups in total. The van der Waals surface area contributed by atoms with Crippen LogP contribution in [0.4, 0.5) is 0 Å². The largest absolute Gasteiger partial charge is 0.493 e. The zero-order chi connectivity index (χ0) is 27.4. The average molecular weight is 575 g/mol. The number of carboxylic acid groups (broad SMARTS) is 1. The summed E-state index contributed by atoms with van der Waals surface area (Å²) in [4.78, 5) is 24.1. The maximum atomic E-state index is 12.6. The Morgan fingerprint density at radius 3 is 2.34 bits per heavy atom. The number of carbonyl (C=O) groups is 2. The highest BCUT2D eigenvalue weighted by Crippen LogP contribution is 2.41. The number of hydrogen-bond donors (Lipinski definition) is 4. The average Bonchev–Trinajstić information content (AvgIpc) is 2.89. The van der Waals surface area contributed by atoms with Gasteiger partial charge in [0.1, 0.15) is 23.1 Å². The van der Waals surface area contributed by atoms with Crippen LogP contribution < -0.4 is 26.3 Å². The number of halogens is 3. The molecule has 0 fully saturated rings. The Morgan fingerprint density at radius 2 is 1.66 bits per heavy atom. The lowest BCUT2D eigenvalue weighted by molar-refractivity contribution is -0.139. The molecule has 0 aliphatic carbocycles. The predicted octanol–water partition coefficient (Wildman–Crippen LogP) is 5.92. The van der Waals surface area contributed by atoms with E-state index in [1.54, 1.807) is 54.6 Å². The van der Waals surface area contributed by atoms with Crippen molar-refractivity contribution in [2.24, 2.45) is 11.5 Å². The molecule has 0 bridgehead atoms. The van der Waals surface area contributed by atoms with E-state index in [4.69, 9.17) is 55.7 Å². The van der Waals surface area contributed by atoms with Gasteiger partial charge in [-0.2, -0.15) is 0 Å². The number of nitrogens with one attached hydrogen (secondary N) is 1. The van der Waals surface area contributed by atoms with Crippen LogP contribution in [0.15, 0.2) is 72.6 Å². The van der Waals surface area contributed by atoms with Gasteiger partial charge in [-0.25, -0.2) is 0 Å². The molecule has 196 valence electrons. The summed E-state index contributed by atoms with van der Waals surface area (Å²) < 4.78 is 11.4. The van der Waals surface area contributed by atoms with E-state index in [2.05, 4.69) is 5.32 Å². The molecule has 0 radical (unpaired) electrons. The summed E-state index contributed by atoms with van der Waals surface area (Å²) in [6, 6.07) is 14.4. The first-order valence-corrected chi connectivity index (χ1v) is 12.4. The molecule has 3 aromatic carbocycles. The summed E-state index contributed by atoms with van der Waals surface area (Å²) in [6.45, 7) is 0.282. The lowest BCUT2D eigenvalue weighted by Gasteiger charge is -2.24. The topological polar surface area (TPSA) is 137 Å². The number of nitrogens with two attached hydrogens (primary N) is 2. The van der Waals surface area contributed by atoms with E-state index in [0.717, 1.165) is 0 Å². The van der Waals surface area contributed by atoms with E-state index in [9.17, 15) is 14.7 Å². The minimum absolute atomic E-state index is 0.0823. The zero-order valence-corrected chi connectivity index (χ0v) is 22.0. The molecule has 38 heavy (non-hydrogen) atoms. The van der Waals surface area contributed by atoms with Gasteiger partial charge in [0.15, 0.2) is 0 Å². The van der Waals surface area contributed by atoms with E-state index in [0.29, 0.717) is 56.1 Å². The van der Waals surface area contributed by atoms with Crippen molar-refractivity contribution in [1.82, 2.24) is 5.32 Å². The van der Waals surface area contributed by atoms with Gasteiger partial charge in [-0.3, -0.25) is 9.59 Å². The van der Waals surface area contributed by atoms with Crippen molar-refractivity contribution in [3.05, 3.63) is 104 Å². The number of rotatable bonds is 7. The Kier molecular flexibility index (Phi) is 8.36. The van der Waals surface area contributed by atoms with Crippen LogP contribution in [0.5, 0.6) is 17.2 Å². The highest BCUT2D eigenvalue weighted by molar-refractivity contribution is 6.42. The Balaban J connectivity index is 1.41. The van der Waals surface area contributed by atoms with Crippen LogP contribution in [0.25, 0.3) is 5.70 Å². The quantitative estimate of drug-likeness (QED) is 0.257. The molecule has 11 heteroatoms. The highest BCUT2D eigenvalue weighted by Gasteiger charge is 2.29. The normalized spacial score (nSPS) is 15.3. The van der Waals surface area contributed by atoms with E-state index in [-0.39, 0.29) is 17.5 Å². The fourth-order valence-corrected chi connectivity index (χ4v) is 4.23. The first kappa shape index (κ1) is 27.2.